The Morgan fingerprint density at radius 1 is 0.871 bits per heavy atom. The van der Waals surface area contributed by atoms with Gasteiger partial charge >= 0.3 is 0 Å². The minimum atomic E-state index is 0.769. The third-order valence-electron chi connectivity index (χ3n) is 5.59. The average molecular weight is 450 g/mol. The molecule has 0 aliphatic carbocycles. The van der Waals surface area contributed by atoms with E-state index in [0.29, 0.717) is 0 Å². The van der Waals surface area contributed by atoms with Crippen LogP contribution in [0.1, 0.15) is 4.88 Å². The van der Waals surface area contributed by atoms with Crippen LogP contribution in [0.2, 0.25) is 5.02 Å². The van der Waals surface area contributed by atoms with Gasteiger partial charge in [0, 0.05) is 53.7 Å². The third-order valence-corrected chi connectivity index (χ3v) is 6.78. The van der Waals surface area contributed by atoms with Crippen molar-refractivity contribution in [3.05, 3.63) is 75.9 Å². The predicted octanol–water partition coefficient (Wildman–Crippen LogP) is 5.33. The van der Waals surface area contributed by atoms with Gasteiger partial charge in [-0.1, -0.05) is 29.8 Å². The third kappa shape index (κ3) is 4.60. The van der Waals surface area contributed by atoms with E-state index in [1.54, 1.807) is 11.3 Å². The Morgan fingerprint density at radius 2 is 1.65 bits per heavy atom. The molecule has 5 nitrogen and oxygen atoms in total. The molecule has 1 saturated heterocycles. The molecule has 3 heterocycles. The number of anilines is 3. The van der Waals surface area contributed by atoms with Gasteiger partial charge in [-0.25, -0.2) is 4.98 Å². The lowest BCUT2D eigenvalue weighted by atomic mass is 10.2. The Hall–Kier alpha value is -2.83. The van der Waals surface area contributed by atoms with Crippen LogP contribution in [0.25, 0.3) is 10.9 Å². The normalized spacial score (nSPS) is 14.2. The highest BCUT2D eigenvalue weighted by atomic mass is 35.5. The van der Waals surface area contributed by atoms with Crippen molar-refractivity contribution in [1.29, 1.82) is 0 Å². The zero-order valence-corrected chi connectivity index (χ0v) is 18.7. The highest BCUT2D eigenvalue weighted by molar-refractivity contribution is 7.09. The van der Waals surface area contributed by atoms with Crippen molar-refractivity contribution in [3.63, 3.8) is 0 Å². The Bertz CT molecular complexity index is 1140. The Labute approximate surface area is 191 Å². The second-order valence-electron chi connectivity index (χ2n) is 7.60. The van der Waals surface area contributed by atoms with Crippen LogP contribution >= 0.6 is 22.9 Å². The van der Waals surface area contributed by atoms with E-state index in [0.717, 1.165) is 66.8 Å². The maximum absolute atomic E-state index is 6.03. The first-order valence-corrected chi connectivity index (χ1v) is 11.8. The van der Waals surface area contributed by atoms with E-state index >= 15 is 0 Å². The van der Waals surface area contributed by atoms with Gasteiger partial charge in [-0.2, -0.15) is 4.98 Å². The summed E-state index contributed by atoms with van der Waals surface area (Å²) in [5.41, 5.74) is 2.19. The molecule has 31 heavy (non-hydrogen) atoms. The minimum absolute atomic E-state index is 0.769. The molecule has 1 aliphatic rings. The Morgan fingerprint density at radius 3 is 2.42 bits per heavy atom. The molecule has 2 aromatic heterocycles. The fourth-order valence-corrected chi connectivity index (χ4v) is 4.75. The molecular formula is C24H24ClN5S. The van der Waals surface area contributed by atoms with Crippen LogP contribution in [0.15, 0.2) is 66.0 Å². The number of fused-ring (bicyclic) bond motifs is 1. The summed E-state index contributed by atoms with van der Waals surface area (Å²) in [6.07, 6.45) is 0.991. The van der Waals surface area contributed by atoms with Gasteiger partial charge < -0.3 is 15.1 Å². The van der Waals surface area contributed by atoms with Crippen molar-refractivity contribution in [2.45, 2.75) is 6.42 Å². The van der Waals surface area contributed by atoms with Crippen LogP contribution in [-0.2, 0) is 6.42 Å². The Kier molecular flexibility index (Phi) is 5.91. The van der Waals surface area contributed by atoms with Crippen molar-refractivity contribution in [2.24, 2.45) is 0 Å². The molecule has 5 rings (SSSR count). The summed E-state index contributed by atoms with van der Waals surface area (Å²) in [5, 5.41) is 7.51. The standard InChI is InChI=1S/C24H24ClN5S/c25-18-7-9-19(10-8-18)29-13-15-30(16-14-29)24-27-22-6-2-1-5-21(22)23(28-24)26-12-11-20-4-3-17-31-20/h1-10,17H,11-16H2,(H,26,27,28). The van der Waals surface area contributed by atoms with E-state index in [1.807, 2.05) is 24.3 Å². The van der Waals surface area contributed by atoms with E-state index in [1.165, 1.54) is 10.6 Å². The maximum Gasteiger partial charge on any atom is 0.228 e. The topological polar surface area (TPSA) is 44.3 Å². The number of halogens is 1. The molecule has 0 saturated carbocycles. The average Bonchev–Trinajstić information content (AvgIpc) is 3.33. The predicted molar refractivity (Wildman–Crippen MR) is 132 cm³/mol. The summed E-state index contributed by atoms with van der Waals surface area (Å²) in [7, 11) is 0. The molecule has 158 valence electrons. The molecule has 4 aromatic rings. The van der Waals surface area contributed by atoms with E-state index in [9.17, 15) is 0 Å². The van der Waals surface area contributed by atoms with E-state index in [4.69, 9.17) is 21.6 Å². The van der Waals surface area contributed by atoms with Crippen LogP contribution in [0.4, 0.5) is 17.5 Å². The molecule has 1 fully saturated rings. The van der Waals surface area contributed by atoms with Crippen molar-refractivity contribution in [1.82, 2.24) is 9.97 Å². The molecule has 0 amide bonds. The lowest BCUT2D eigenvalue weighted by Gasteiger charge is -2.36. The molecule has 1 N–H and O–H groups in total. The molecule has 2 aromatic carbocycles. The van der Waals surface area contributed by atoms with E-state index in [-0.39, 0.29) is 0 Å². The summed E-state index contributed by atoms with van der Waals surface area (Å²) in [6.45, 7) is 4.48. The number of hydrogen-bond acceptors (Lipinski definition) is 6. The number of para-hydroxylation sites is 1. The number of benzene rings is 2. The fourth-order valence-electron chi connectivity index (χ4n) is 3.92. The first-order chi connectivity index (χ1) is 15.3. The molecule has 0 unspecified atom stereocenters. The SMILES string of the molecule is Clc1ccc(N2CCN(c3nc(NCCc4cccs4)c4ccccc4n3)CC2)cc1. The molecule has 7 heteroatoms. The summed E-state index contributed by atoms with van der Waals surface area (Å²) < 4.78 is 0. The second-order valence-corrected chi connectivity index (χ2v) is 9.06. The smallest absolute Gasteiger partial charge is 0.228 e. The molecular weight excluding hydrogens is 426 g/mol. The quantitative estimate of drug-likeness (QED) is 0.431. The van der Waals surface area contributed by atoms with Crippen molar-refractivity contribution in [3.8, 4) is 0 Å². The number of aromatic nitrogens is 2. The van der Waals surface area contributed by atoms with E-state index < -0.39 is 0 Å². The number of nitrogens with one attached hydrogen (secondary N) is 1. The van der Waals surface area contributed by atoms with Gasteiger partial charge in [0.2, 0.25) is 5.95 Å². The lowest BCUT2D eigenvalue weighted by Crippen LogP contribution is -2.47. The number of piperazine rings is 1. The van der Waals surface area contributed by atoms with E-state index in [2.05, 4.69) is 56.9 Å². The van der Waals surface area contributed by atoms with Crippen molar-refractivity contribution in [2.75, 3.05) is 47.8 Å². The van der Waals surface area contributed by atoms with Gasteiger partial charge in [-0.05, 0) is 54.3 Å². The van der Waals surface area contributed by atoms with Crippen LogP contribution in [0, 0.1) is 0 Å². The molecule has 0 radical (unpaired) electrons. The lowest BCUT2D eigenvalue weighted by molar-refractivity contribution is 0.641. The van der Waals surface area contributed by atoms with Crippen LogP contribution < -0.4 is 15.1 Å². The zero-order chi connectivity index (χ0) is 21.0. The highest BCUT2D eigenvalue weighted by Crippen LogP contribution is 2.25. The number of rotatable bonds is 6. The van der Waals surface area contributed by atoms with Gasteiger partial charge in [0.1, 0.15) is 5.82 Å². The van der Waals surface area contributed by atoms with Crippen molar-refractivity contribution >= 4 is 51.3 Å². The summed E-state index contributed by atoms with van der Waals surface area (Å²) in [6, 6.07) is 20.6. The Balaban J connectivity index is 1.32. The summed E-state index contributed by atoms with van der Waals surface area (Å²) >= 11 is 7.83. The molecule has 0 atom stereocenters. The van der Waals surface area contributed by atoms with Gasteiger partial charge in [0.05, 0.1) is 5.52 Å². The molecule has 0 spiro atoms. The van der Waals surface area contributed by atoms with Gasteiger partial charge in [0.15, 0.2) is 0 Å². The zero-order valence-electron chi connectivity index (χ0n) is 17.2. The van der Waals surface area contributed by atoms with Crippen LogP contribution in [0.3, 0.4) is 0 Å². The number of hydrogen-bond donors (Lipinski definition) is 1. The first-order valence-electron chi connectivity index (χ1n) is 10.5. The second kappa shape index (κ2) is 9.12. The highest BCUT2D eigenvalue weighted by Gasteiger charge is 2.20. The van der Waals surface area contributed by atoms with Crippen molar-refractivity contribution < 1.29 is 0 Å². The summed E-state index contributed by atoms with van der Waals surface area (Å²) in [5.74, 6) is 1.71. The first kappa shape index (κ1) is 20.1. The van der Waals surface area contributed by atoms with Gasteiger partial charge in [-0.15, -0.1) is 11.3 Å². The maximum atomic E-state index is 6.03. The van der Waals surface area contributed by atoms with Gasteiger partial charge in [0.25, 0.3) is 0 Å². The molecule has 1 aliphatic heterocycles. The van der Waals surface area contributed by atoms with Crippen LogP contribution in [-0.4, -0.2) is 42.7 Å². The monoisotopic (exact) mass is 449 g/mol. The molecule has 0 bridgehead atoms. The van der Waals surface area contributed by atoms with Gasteiger partial charge in [-0.3, -0.25) is 0 Å². The number of thiophene rings is 1. The van der Waals surface area contributed by atoms with Crippen LogP contribution in [0.5, 0.6) is 0 Å². The number of nitrogens with zero attached hydrogens (tertiary/aromatic N) is 4. The minimum Gasteiger partial charge on any atom is -0.369 e. The fraction of sp³-hybridized carbons (Fsp3) is 0.250. The summed E-state index contributed by atoms with van der Waals surface area (Å²) in [4.78, 5) is 15.8. The largest absolute Gasteiger partial charge is 0.369 e.